The summed E-state index contributed by atoms with van der Waals surface area (Å²) in [5.41, 5.74) is 0.888. The van der Waals surface area contributed by atoms with Crippen LogP contribution in [0.25, 0.3) is 0 Å². The summed E-state index contributed by atoms with van der Waals surface area (Å²) in [4.78, 5) is 32.9. The standard InChI is InChI=1S/C20H22ClFN4O2/c21-17-11-15(22)3-6-19(17)26(13-27)10-8-14-1-4-16(5-2-14)25-20(28)18-7-9-23-12-24-18/h3,6-7,9,11-14,16H,1-2,4-5,8,10H2,(H,25,28)/t14-,16+. The van der Waals surface area contributed by atoms with Crippen LogP contribution < -0.4 is 10.2 Å². The lowest BCUT2D eigenvalue weighted by molar-refractivity contribution is -0.107. The summed E-state index contributed by atoms with van der Waals surface area (Å²) in [6.45, 7) is 0.525. The number of nitrogens with zero attached hydrogens (tertiary/aromatic N) is 3. The molecule has 0 spiro atoms. The molecule has 0 radical (unpaired) electrons. The minimum absolute atomic E-state index is 0.132. The molecule has 1 fully saturated rings. The first-order valence-electron chi connectivity index (χ1n) is 9.30. The molecule has 1 aromatic heterocycles. The second-order valence-electron chi connectivity index (χ2n) is 6.97. The van der Waals surface area contributed by atoms with Gasteiger partial charge in [0.2, 0.25) is 6.41 Å². The molecule has 148 valence electrons. The Morgan fingerprint density at radius 2 is 2.07 bits per heavy atom. The lowest BCUT2D eigenvalue weighted by atomic mass is 9.84. The van der Waals surface area contributed by atoms with Crippen LogP contribution in [0.1, 0.15) is 42.6 Å². The Bertz CT molecular complexity index is 813. The average Bonchev–Trinajstić information content (AvgIpc) is 2.71. The lowest BCUT2D eigenvalue weighted by Crippen LogP contribution is -2.38. The van der Waals surface area contributed by atoms with Gasteiger partial charge >= 0.3 is 0 Å². The molecular formula is C20H22ClFN4O2. The molecule has 2 aromatic rings. The summed E-state index contributed by atoms with van der Waals surface area (Å²) < 4.78 is 13.2. The average molecular weight is 405 g/mol. The molecule has 1 saturated carbocycles. The van der Waals surface area contributed by atoms with Crippen molar-refractivity contribution >= 4 is 29.6 Å². The van der Waals surface area contributed by atoms with Gasteiger partial charge in [-0.25, -0.2) is 14.4 Å². The zero-order chi connectivity index (χ0) is 19.9. The number of hydrogen-bond donors (Lipinski definition) is 1. The van der Waals surface area contributed by atoms with E-state index in [1.54, 1.807) is 12.3 Å². The summed E-state index contributed by atoms with van der Waals surface area (Å²) in [5.74, 6) is -0.139. The summed E-state index contributed by atoms with van der Waals surface area (Å²) in [5, 5.41) is 3.25. The van der Waals surface area contributed by atoms with E-state index in [0.29, 0.717) is 23.8 Å². The van der Waals surface area contributed by atoms with Crippen molar-refractivity contribution in [3.8, 4) is 0 Å². The van der Waals surface area contributed by atoms with Gasteiger partial charge in [0, 0.05) is 18.8 Å². The summed E-state index contributed by atoms with van der Waals surface area (Å²) in [6, 6.07) is 5.75. The minimum Gasteiger partial charge on any atom is -0.348 e. The quantitative estimate of drug-likeness (QED) is 0.715. The predicted octanol–water partition coefficient (Wildman–Crippen LogP) is 3.61. The highest BCUT2D eigenvalue weighted by Gasteiger charge is 2.24. The molecule has 0 unspecified atom stereocenters. The summed E-state index contributed by atoms with van der Waals surface area (Å²) >= 11 is 6.05. The van der Waals surface area contributed by atoms with E-state index in [0.717, 1.165) is 38.5 Å². The lowest BCUT2D eigenvalue weighted by Gasteiger charge is -2.30. The van der Waals surface area contributed by atoms with Crippen LogP contribution in [-0.2, 0) is 4.79 Å². The van der Waals surface area contributed by atoms with Crippen LogP contribution in [0.2, 0.25) is 5.02 Å². The van der Waals surface area contributed by atoms with Crippen molar-refractivity contribution in [3.63, 3.8) is 0 Å². The number of carbonyl (C=O) groups excluding carboxylic acids is 2. The smallest absolute Gasteiger partial charge is 0.270 e. The molecule has 2 amide bonds. The number of halogens is 2. The Hall–Kier alpha value is -2.54. The third kappa shape index (κ3) is 5.25. The second kappa shape index (κ2) is 9.59. The largest absolute Gasteiger partial charge is 0.348 e. The fraction of sp³-hybridized carbons (Fsp3) is 0.400. The van der Waals surface area contributed by atoms with Gasteiger partial charge in [-0.15, -0.1) is 0 Å². The van der Waals surface area contributed by atoms with Crippen molar-refractivity contribution in [2.75, 3.05) is 11.4 Å². The second-order valence-corrected chi connectivity index (χ2v) is 7.38. The topological polar surface area (TPSA) is 75.2 Å². The third-order valence-corrected chi connectivity index (χ3v) is 5.42. The van der Waals surface area contributed by atoms with Crippen molar-refractivity contribution in [2.24, 2.45) is 5.92 Å². The number of hydrogen-bond acceptors (Lipinski definition) is 4. The first kappa shape index (κ1) is 20.2. The van der Waals surface area contributed by atoms with Gasteiger partial charge in [0.05, 0.1) is 10.7 Å². The maximum absolute atomic E-state index is 13.2. The Morgan fingerprint density at radius 3 is 2.71 bits per heavy atom. The number of rotatable bonds is 7. The molecule has 0 saturated heterocycles. The van der Waals surface area contributed by atoms with E-state index in [4.69, 9.17) is 11.6 Å². The molecule has 0 atom stereocenters. The van der Waals surface area contributed by atoms with E-state index in [1.807, 2.05) is 0 Å². The maximum atomic E-state index is 13.2. The number of benzene rings is 1. The highest BCUT2D eigenvalue weighted by atomic mass is 35.5. The van der Waals surface area contributed by atoms with Gasteiger partial charge in [-0.2, -0.15) is 0 Å². The third-order valence-electron chi connectivity index (χ3n) is 5.12. The van der Waals surface area contributed by atoms with Gasteiger partial charge in [-0.1, -0.05) is 11.6 Å². The van der Waals surface area contributed by atoms with Gasteiger partial charge < -0.3 is 10.2 Å². The van der Waals surface area contributed by atoms with Crippen LogP contribution in [0.4, 0.5) is 10.1 Å². The van der Waals surface area contributed by atoms with E-state index in [2.05, 4.69) is 15.3 Å². The highest BCUT2D eigenvalue weighted by Crippen LogP contribution is 2.30. The van der Waals surface area contributed by atoms with Crippen molar-refractivity contribution in [3.05, 3.63) is 53.3 Å². The molecule has 0 aliphatic heterocycles. The van der Waals surface area contributed by atoms with Crippen LogP contribution in [-0.4, -0.2) is 34.9 Å². The van der Waals surface area contributed by atoms with E-state index in [-0.39, 0.29) is 17.0 Å². The molecule has 3 rings (SSSR count). The molecular weight excluding hydrogens is 383 g/mol. The minimum atomic E-state index is -0.429. The molecule has 6 nitrogen and oxygen atoms in total. The van der Waals surface area contributed by atoms with Crippen molar-refractivity contribution in [1.29, 1.82) is 0 Å². The van der Waals surface area contributed by atoms with Crippen molar-refractivity contribution in [2.45, 2.75) is 38.1 Å². The molecule has 1 aliphatic carbocycles. The number of carbonyl (C=O) groups is 2. The van der Waals surface area contributed by atoms with E-state index in [9.17, 15) is 14.0 Å². The van der Waals surface area contributed by atoms with Crippen LogP contribution in [0.5, 0.6) is 0 Å². The summed E-state index contributed by atoms with van der Waals surface area (Å²) in [7, 11) is 0. The first-order chi connectivity index (χ1) is 13.6. The van der Waals surface area contributed by atoms with Crippen LogP contribution >= 0.6 is 11.6 Å². The SMILES string of the molecule is O=CN(CC[C@H]1CC[C@@H](NC(=O)c2ccncn2)CC1)c1ccc(F)cc1Cl. The van der Waals surface area contributed by atoms with Gasteiger partial charge in [0.15, 0.2) is 0 Å². The van der Waals surface area contributed by atoms with E-state index < -0.39 is 5.82 Å². The Kier molecular flexibility index (Phi) is 6.92. The fourth-order valence-corrected chi connectivity index (χ4v) is 3.82. The highest BCUT2D eigenvalue weighted by molar-refractivity contribution is 6.33. The molecule has 0 bridgehead atoms. The Balaban J connectivity index is 1.46. The monoisotopic (exact) mass is 404 g/mol. The maximum Gasteiger partial charge on any atom is 0.270 e. The van der Waals surface area contributed by atoms with E-state index in [1.165, 1.54) is 29.4 Å². The van der Waals surface area contributed by atoms with Crippen LogP contribution in [0.15, 0.2) is 36.8 Å². The zero-order valence-corrected chi connectivity index (χ0v) is 16.1. The van der Waals surface area contributed by atoms with Gasteiger partial charge in [-0.05, 0) is 62.3 Å². The molecule has 1 heterocycles. The van der Waals surface area contributed by atoms with Crippen LogP contribution in [0, 0.1) is 11.7 Å². The zero-order valence-electron chi connectivity index (χ0n) is 15.4. The predicted molar refractivity (Wildman–Crippen MR) is 105 cm³/mol. The van der Waals surface area contributed by atoms with Gasteiger partial charge in [-0.3, -0.25) is 9.59 Å². The van der Waals surface area contributed by atoms with Crippen molar-refractivity contribution in [1.82, 2.24) is 15.3 Å². The number of nitrogens with one attached hydrogen (secondary N) is 1. The molecule has 1 aliphatic rings. The molecule has 1 N–H and O–H groups in total. The molecule has 1 aromatic carbocycles. The molecule has 28 heavy (non-hydrogen) atoms. The fourth-order valence-electron chi connectivity index (χ4n) is 3.55. The first-order valence-corrected chi connectivity index (χ1v) is 9.68. The molecule has 8 heteroatoms. The van der Waals surface area contributed by atoms with Gasteiger partial charge in [0.1, 0.15) is 17.8 Å². The van der Waals surface area contributed by atoms with Crippen molar-refractivity contribution < 1.29 is 14.0 Å². The number of anilines is 1. The van der Waals surface area contributed by atoms with Crippen LogP contribution in [0.3, 0.4) is 0 Å². The van der Waals surface area contributed by atoms with E-state index >= 15 is 0 Å². The van der Waals surface area contributed by atoms with Gasteiger partial charge in [0.25, 0.3) is 5.91 Å². The Morgan fingerprint density at radius 1 is 1.29 bits per heavy atom. The Labute approximate surface area is 168 Å². The number of aromatic nitrogens is 2. The normalized spacial score (nSPS) is 19.1. The summed E-state index contributed by atoms with van der Waals surface area (Å²) in [6.07, 6.45) is 8.19. The number of amides is 2.